The molecule has 0 atom stereocenters. The van der Waals surface area contributed by atoms with E-state index in [9.17, 15) is 4.79 Å². The first kappa shape index (κ1) is 12.1. The molecule has 0 unspecified atom stereocenters. The Bertz CT molecular complexity index is 825. The van der Waals surface area contributed by atoms with Gasteiger partial charge in [-0.2, -0.15) is 9.78 Å². The minimum Gasteiger partial charge on any atom is -0.399 e. The zero-order chi connectivity index (χ0) is 14.4. The Kier molecular flexibility index (Phi) is 2.57. The molecule has 0 aliphatic heterocycles. The van der Waals surface area contributed by atoms with Crippen molar-refractivity contribution in [3.05, 3.63) is 59.8 Å². The monoisotopic (exact) mass is 277 g/mol. The SMILES string of the molecule is Nc1ccc2c(cnn2C(=O)C2Cc3ccccc3C2)c1. The molecule has 1 aliphatic rings. The number of aromatic nitrogens is 2. The Morgan fingerprint density at radius 3 is 2.57 bits per heavy atom. The van der Waals surface area contributed by atoms with Gasteiger partial charge in [0.1, 0.15) is 0 Å². The molecule has 21 heavy (non-hydrogen) atoms. The van der Waals surface area contributed by atoms with Gasteiger partial charge in [0.25, 0.3) is 5.91 Å². The second-order valence-electron chi connectivity index (χ2n) is 5.59. The van der Waals surface area contributed by atoms with E-state index in [1.54, 1.807) is 12.3 Å². The molecule has 0 amide bonds. The van der Waals surface area contributed by atoms with Gasteiger partial charge < -0.3 is 5.73 Å². The highest BCUT2D eigenvalue weighted by Gasteiger charge is 2.29. The van der Waals surface area contributed by atoms with Crippen molar-refractivity contribution in [3.8, 4) is 0 Å². The first-order chi connectivity index (χ1) is 10.2. The molecular weight excluding hydrogens is 262 g/mol. The van der Waals surface area contributed by atoms with Gasteiger partial charge in [-0.05, 0) is 42.2 Å². The summed E-state index contributed by atoms with van der Waals surface area (Å²) in [5, 5.41) is 5.16. The average Bonchev–Trinajstić information content (AvgIpc) is 3.09. The predicted octanol–water partition coefficient (Wildman–Crippen LogP) is 2.67. The molecule has 3 aromatic rings. The Labute approximate surface area is 122 Å². The number of hydrogen-bond acceptors (Lipinski definition) is 3. The number of nitrogens with zero attached hydrogens (tertiary/aromatic N) is 2. The van der Waals surface area contributed by atoms with Crippen LogP contribution in [0.2, 0.25) is 0 Å². The van der Waals surface area contributed by atoms with Gasteiger partial charge in [0.15, 0.2) is 0 Å². The summed E-state index contributed by atoms with van der Waals surface area (Å²) in [4.78, 5) is 12.7. The summed E-state index contributed by atoms with van der Waals surface area (Å²) in [6.07, 6.45) is 3.29. The van der Waals surface area contributed by atoms with Crippen LogP contribution in [0.5, 0.6) is 0 Å². The molecule has 0 radical (unpaired) electrons. The number of nitrogens with two attached hydrogens (primary N) is 1. The van der Waals surface area contributed by atoms with E-state index in [1.165, 1.54) is 15.8 Å². The van der Waals surface area contributed by atoms with Crippen LogP contribution in [0.4, 0.5) is 5.69 Å². The maximum absolute atomic E-state index is 12.7. The van der Waals surface area contributed by atoms with Crippen LogP contribution in [-0.4, -0.2) is 15.7 Å². The third-order valence-corrected chi connectivity index (χ3v) is 4.20. The van der Waals surface area contributed by atoms with Crippen molar-refractivity contribution < 1.29 is 4.79 Å². The molecule has 0 saturated heterocycles. The second kappa shape index (κ2) is 4.45. The van der Waals surface area contributed by atoms with E-state index in [1.807, 2.05) is 24.3 Å². The van der Waals surface area contributed by atoms with E-state index in [-0.39, 0.29) is 11.8 Å². The second-order valence-corrected chi connectivity index (χ2v) is 5.59. The summed E-state index contributed by atoms with van der Waals surface area (Å²) in [7, 11) is 0. The minimum atomic E-state index is -0.0250. The fraction of sp³-hybridized carbons (Fsp3) is 0.176. The van der Waals surface area contributed by atoms with Crippen molar-refractivity contribution >= 4 is 22.5 Å². The van der Waals surface area contributed by atoms with Crippen LogP contribution in [0.25, 0.3) is 10.9 Å². The van der Waals surface area contributed by atoms with Gasteiger partial charge in [0.2, 0.25) is 0 Å². The molecule has 1 aliphatic carbocycles. The van der Waals surface area contributed by atoms with E-state index >= 15 is 0 Å². The van der Waals surface area contributed by atoms with Gasteiger partial charge in [0.05, 0.1) is 11.7 Å². The van der Waals surface area contributed by atoms with Gasteiger partial charge in [0, 0.05) is 17.0 Å². The van der Waals surface area contributed by atoms with E-state index in [4.69, 9.17) is 5.73 Å². The molecule has 4 heteroatoms. The molecule has 0 spiro atoms. The highest BCUT2D eigenvalue weighted by atomic mass is 16.2. The summed E-state index contributed by atoms with van der Waals surface area (Å²) in [5.41, 5.74) is 9.82. The summed E-state index contributed by atoms with van der Waals surface area (Å²) < 4.78 is 1.52. The minimum absolute atomic E-state index is 0.0250. The molecule has 0 saturated carbocycles. The molecule has 2 aromatic carbocycles. The largest absolute Gasteiger partial charge is 0.399 e. The Balaban J connectivity index is 1.69. The lowest BCUT2D eigenvalue weighted by Gasteiger charge is -2.08. The number of carbonyl (C=O) groups is 1. The van der Waals surface area contributed by atoms with E-state index < -0.39 is 0 Å². The Hall–Kier alpha value is -2.62. The third kappa shape index (κ3) is 1.91. The maximum atomic E-state index is 12.7. The molecule has 2 N–H and O–H groups in total. The third-order valence-electron chi connectivity index (χ3n) is 4.20. The van der Waals surface area contributed by atoms with Crippen LogP contribution in [0.15, 0.2) is 48.7 Å². The fourth-order valence-corrected chi connectivity index (χ4v) is 3.13. The van der Waals surface area contributed by atoms with Crippen molar-refractivity contribution in [2.24, 2.45) is 5.92 Å². The van der Waals surface area contributed by atoms with Gasteiger partial charge in [-0.3, -0.25) is 4.79 Å². The maximum Gasteiger partial charge on any atom is 0.251 e. The summed E-state index contributed by atoms with van der Waals surface area (Å²) in [5.74, 6) is 0.0361. The number of carbonyl (C=O) groups excluding carboxylic acids is 1. The Morgan fingerprint density at radius 2 is 1.86 bits per heavy atom. The Morgan fingerprint density at radius 1 is 1.14 bits per heavy atom. The highest BCUT2D eigenvalue weighted by Crippen LogP contribution is 2.28. The van der Waals surface area contributed by atoms with Crippen LogP contribution in [0.1, 0.15) is 15.9 Å². The number of anilines is 1. The molecule has 104 valence electrons. The smallest absolute Gasteiger partial charge is 0.251 e. The van der Waals surface area contributed by atoms with Crippen molar-refractivity contribution in [3.63, 3.8) is 0 Å². The molecular formula is C17H15N3O. The molecule has 0 bridgehead atoms. The predicted molar refractivity (Wildman–Crippen MR) is 82.1 cm³/mol. The molecule has 1 heterocycles. The quantitative estimate of drug-likeness (QED) is 0.696. The standard InChI is InChI=1S/C17H15N3O/c18-15-5-6-16-14(9-15)10-19-20(16)17(21)13-7-11-3-1-2-4-12(11)8-13/h1-6,9-10,13H,7-8,18H2. The normalized spacial score (nSPS) is 14.5. The number of hydrogen-bond donors (Lipinski definition) is 1. The average molecular weight is 277 g/mol. The van der Waals surface area contributed by atoms with E-state index in [0.717, 1.165) is 23.7 Å². The van der Waals surface area contributed by atoms with Crippen LogP contribution in [0, 0.1) is 5.92 Å². The van der Waals surface area contributed by atoms with Crippen LogP contribution < -0.4 is 5.73 Å². The zero-order valence-corrected chi connectivity index (χ0v) is 11.5. The lowest BCUT2D eigenvalue weighted by molar-refractivity contribution is 0.0828. The number of benzene rings is 2. The summed E-state index contributed by atoms with van der Waals surface area (Å²) >= 11 is 0. The molecule has 4 rings (SSSR count). The number of rotatable bonds is 1. The van der Waals surface area contributed by atoms with Crippen LogP contribution >= 0.6 is 0 Å². The van der Waals surface area contributed by atoms with Gasteiger partial charge in [-0.1, -0.05) is 24.3 Å². The summed E-state index contributed by atoms with van der Waals surface area (Å²) in [6, 6.07) is 13.8. The lowest BCUT2D eigenvalue weighted by Crippen LogP contribution is -2.23. The highest BCUT2D eigenvalue weighted by molar-refractivity contribution is 5.93. The van der Waals surface area contributed by atoms with Gasteiger partial charge in [-0.15, -0.1) is 0 Å². The fourth-order valence-electron chi connectivity index (χ4n) is 3.13. The molecule has 4 nitrogen and oxygen atoms in total. The van der Waals surface area contributed by atoms with E-state index in [2.05, 4.69) is 17.2 Å². The van der Waals surface area contributed by atoms with E-state index in [0.29, 0.717) is 5.69 Å². The summed E-state index contributed by atoms with van der Waals surface area (Å²) in [6.45, 7) is 0. The molecule has 1 aromatic heterocycles. The van der Waals surface area contributed by atoms with Crippen LogP contribution in [-0.2, 0) is 12.8 Å². The number of nitrogen functional groups attached to an aromatic ring is 1. The van der Waals surface area contributed by atoms with Gasteiger partial charge >= 0.3 is 0 Å². The topological polar surface area (TPSA) is 60.9 Å². The van der Waals surface area contributed by atoms with Crippen molar-refractivity contribution in [2.45, 2.75) is 12.8 Å². The zero-order valence-electron chi connectivity index (χ0n) is 11.5. The van der Waals surface area contributed by atoms with Crippen LogP contribution in [0.3, 0.4) is 0 Å². The first-order valence-corrected chi connectivity index (χ1v) is 7.06. The van der Waals surface area contributed by atoms with Gasteiger partial charge in [-0.25, -0.2) is 0 Å². The molecule has 0 fully saturated rings. The lowest BCUT2D eigenvalue weighted by atomic mass is 10.1. The van der Waals surface area contributed by atoms with Crippen molar-refractivity contribution in [2.75, 3.05) is 5.73 Å². The van der Waals surface area contributed by atoms with Crippen molar-refractivity contribution in [1.29, 1.82) is 0 Å². The van der Waals surface area contributed by atoms with Crippen molar-refractivity contribution in [1.82, 2.24) is 9.78 Å². The first-order valence-electron chi connectivity index (χ1n) is 7.06. The number of fused-ring (bicyclic) bond motifs is 2.